The van der Waals surface area contributed by atoms with Gasteiger partial charge in [0.15, 0.2) is 0 Å². The van der Waals surface area contributed by atoms with E-state index in [1.54, 1.807) is 0 Å². The summed E-state index contributed by atoms with van der Waals surface area (Å²) in [6, 6.07) is 3.96. The first-order valence-corrected chi connectivity index (χ1v) is 7.54. The Morgan fingerprint density at radius 1 is 1.22 bits per heavy atom. The highest BCUT2D eigenvalue weighted by Gasteiger charge is 2.21. The Bertz CT molecular complexity index is 521. The maximum atomic E-state index is 11.4. The Kier molecular flexibility index (Phi) is 3.77. The van der Waals surface area contributed by atoms with Gasteiger partial charge >= 0.3 is 0 Å². The van der Waals surface area contributed by atoms with E-state index in [0.717, 1.165) is 31.7 Å². The summed E-state index contributed by atoms with van der Waals surface area (Å²) in [7, 11) is -3.89. The lowest BCUT2D eigenvalue weighted by molar-refractivity contribution is 0.150. The van der Waals surface area contributed by atoms with Crippen LogP contribution in [0.25, 0.3) is 0 Å². The van der Waals surface area contributed by atoms with Crippen molar-refractivity contribution < 1.29 is 18.3 Å². The number of aromatic hydroxyl groups is 1. The molecule has 0 saturated heterocycles. The number of ether oxygens (including phenoxy) is 1. The van der Waals surface area contributed by atoms with Crippen LogP contribution in [0.15, 0.2) is 23.1 Å². The predicted molar refractivity (Wildman–Crippen MR) is 67.0 cm³/mol. The topological polar surface area (TPSA) is 89.6 Å². The molecule has 0 aliphatic heterocycles. The lowest BCUT2D eigenvalue weighted by Gasteiger charge is -2.23. The monoisotopic (exact) mass is 271 g/mol. The van der Waals surface area contributed by atoms with Crippen LogP contribution in [0.4, 0.5) is 0 Å². The van der Waals surface area contributed by atoms with Gasteiger partial charge in [0.2, 0.25) is 10.0 Å². The van der Waals surface area contributed by atoms with Gasteiger partial charge in [0.1, 0.15) is 16.4 Å². The number of benzene rings is 1. The van der Waals surface area contributed by atoms with Gasteiger partial charge in [-0.2, -0.15) is 0 Å². The molecule has 1 fully saturated rings. The Balaban J connectivity index is 2.26. The highest BCUT2D eigenvalue weighted by molar-refractivity contribution is 7.89. The molecule has 0 bridgehead atoms. The average Bonchev–Trinajstić information content (AvgIpc) is 2.31. The third-order valence-corrected chi connectivity index (χ3v) is 4.01. The summed E-state index contributed by atoms with van der Waals surface area (Å²) >= 11 is 0. The van der Waals surface area contributed by atoms with Crippen LogP contribution in [0.5, 0.6) is 11.5 Å². The number of sulfonamides is 1. The minimum absolute atomic E-state index is 0.0313. The van der Waals surface area contributed by atoms with Crippen LogP contribution < -0.4 is 9.88 Å². The molecule has 1 saturated carbocycles. The average molecular weight is 271 g/mol. The minimum Gasteiger partial charge on any atom is -0.508 e. The van der Waals surface area contributed by atoms with Crippen molar-refractivity contribution in [3.05, 3.63) is 18.2 Å². The fraction of sp³-hybridized carbons (Fsp3) is 0.500. The standard InChI is InChI=1S/C12H17NO4S/c13-18(15,16)12-8-9(14)6-7-11(12)17-10-4-2-1-3-5-10/h6-8,10,14H,1-5H2,(H2,13,15,16). The number of hydrogen-bond acceptors (Lipinski definition) is 4. The van der Waals surface area contributed by atoms with E-state index in [1.165, 1.54) is 18.6 Å². The molecule has 1 aromatic rings. The summed E-state index contributed by atoms with van der Waals surface area (Å²) < 4.78 is 28.6. The van der Waals surface area contributed by atoms with Crippen LogP contribution in [-0.2, 0) is 10.0 Å². The molecule has 1 aliphatic rings. The van der Waals surface area contributed by atoms with Crippen LogP contribution in [0.1, 0.15) is 32.1 Å². The molecular formula is C12H17NO4S. The zero-order chi connectivity index (χ0) is 13.2. The molecule has 6 heteroatoms. The number of hydrogen-bond donors (Lipinski definition) is 2. The Morgan fingerprint density at radius 2 is 1.89 bits per heavy atom. The van der Waals surface area contributed by atoms with Crippen LogP contribution in [0, 0.1) is 0 Å². The number of phenolic OH excluding ortho intramolecular Hbond substituents is 1. The second-order valence-corrected chi connectivity index (χ2v) is 6.08. The zero-order valence-corrected chi connectivity index (χ0v) is 10.8. The van der Waals surface area contributed by atoms with E-state index in [9.17, 15) is 13.5 Å². The molecule has 0 amide bonds. The van der Waals surface area contributed by atoms with E-state index in [4.69, 9.17) is 9.88 Å². The molecule has 18 heavy (non-hydrogen) atoms. The summed E-state index contributed by atoms with van der Waals surface area (Å²) in [5.74, 6) is 0.0808. The molecule has 0 radical (unpaired) electrons. The minimum atomic E-state index is -3.89. The molecule has 2 rings (SSSR count). The number of phenols is 1. The van der Waals surface area contributed by atoms with Gasteiger partial charge in [0.25, 0.3) is 0 Å². The molecule has 0 unspecified atom stereocenters. The van der Waals surface area contributed by atoms with Crippen molar-refractivity contribution in [3.8, 4) is 11.5 Å². The summed E-state index contributed by atoms with van der Waals surface area (Å²) in [5.41, 5.74) is 0. The van der Waals surface area contributed by atoms with Crippen LogP contribution in [-0.4, -0.2) is 19.6 Å². The molecule has 1 aliphatic carbocycles. The Hall–Kier alpha value is -1.27. The maximum absolute atomic E-state index is 11.4. The van der Waals surface area contributed by atoms with Gasteiger partial charge in [0.05, 0.1) is 6.10 Å². The van der Waals surface area contributed by atoms with Crippen molar-refractivity contribution in [2.45, 2.75) is 43.1 Å². The van der Waals surface area contributed by atoms with E-state index in [0.29, 0.717) is 0 Å². The van der Waals surface area contributed by atoms with Crippen LogP contribution >= 0.6 is 0 Å². The van der Waals surface area contributed by atoms with Gasteiger partial charge < -0.3 is 9.84 Å². The number of nitrogens with two attached hydrogens (primary N) is 1. The largest absolute Gasteiger partial charge is 0.508 e. The van der Waals surface area contributed by atoms with Crippen molar-refractivity contribution in [1.29, 1.82) is 0 Å². The third-order valence-electron chi connectivity index (χ3n) is 3.08. The second-order valence-electron chi connectivity index (χ2n) is 4.55. The van der Waals surface area contributed by atoms with Gasteiger partial charge in [-0.3, -0.25) is 0 Å². The maximum Gasteiger partial charge on any atom is 0.241 e. The lowest BCUT2D eigenvalue weighted by Crippen LogP contribution is -2.22. The predicted octanol–water partition coefficient (Wildman–Crippen LogP) is 1.75. The molecule has 0 atom stereocenters. The zero-order valence-electron chi connectivity index (χ0n) is 10.0. The fourth-order valence-electron chi connectivity index (χ4n) is 2.18. The first kappa shape index (κ1) is 13.2. The molecule has 5 nitrogen and oxygen atoms in total. The van der Waals surface area contributed by atoms with E-state index >= 15 is 0 Å². The van der Waals surface area contributed by atoms with E-state index in [-0.39, 0.29) is 22.5 Å². The highest BCUT2D eigenvalue weighted by Crippen LogP contribution is 2.30. The normalized spacial score (nSPS) is 17.6. The quantitative estimate of drug-likeness (QED) is 0.876. The molecule has 0 spiro atoms. The highest BCUT2D eigenvalue weighted by atomic mass is 32.2. The smallest absolute Gasteiger partial charge is 0.241 e. The second kappa shape index (κ2) is 5.16. The van der Waals surface area contributed by atoms with E-state index < -0.39 is 10.0 Å². The Morgan fingerprint density at radius 3 is 2.50 bits per heavy atom. The van der Waals surface area contributed by atoms with E-state index in [2.05, 4.69) is 0 Å². The van der Waals surface area contributed by atoms with Crippen LogP contribution in [0.2, 0.25) is 0 Å². The van der Waals surface area contributed by atoms with Crippen molar-refractivity contribution >= 4 is 10.0 Å². The van der Waals surface area contributed by atoms with Gasteiger partial charge in [-0.1, -0.05) is 6.42 Å². The first-order valence-electron chi connectivity index (χ1n) is 5.99. The fourth-order valence-corrected chi connectivity index (χ4v) is 2.86. The van der Waals surface area contributed by atoms with Crippen molar-refractivity contribution in [2.24, 2.45) is 5.14 Å². The molecular weight excluding hydrogens is 254 g/mol. The SMILES string of the molecule is NS(=O)(=O)c1cc(O)ccc1OC1CCCCC1. The molecule has 100 valence electrons. The Labute approximate surface area is 107 Å². The van der Waals surface area contributed by atoms with Gasteiger partial charge in [-0.15, -0.1) is 0 Å². The summed E-state index contributed by atoms with van der Waals surface area (Å²) in [4.78, 5) is -0.159. The summed E-state index contributed by atoms with van der Waals surface area (Å²) in [6.45, 7) is 0. The van der Waals surface area contributed by atoms with Crippen molar-refractivity contribution in [3.63, 3.8) is 0 Å². The molecule has 0 aromatic heterocycles. The van der Waals surface area contributed by atoms with E-state index in [1.807, 2.05) is 0 Å². The van der Waals surface area contributed by atoms with Crippen molar-refractivity contribution in [1.82, 2.24) is 0 Å². The van der Waals surface area contributed by atoms with Gasteiger partial charge in [-0.05, 0) is 37.8 Å². The van der Waals surface area contributed by atoms with Crippen molar-refractivity contribution in [2.75, 3.05) is 0 Å². The van der Waals surface area contributed by atoms with Crippen LogP contribution in [0.3, 0.4) is 0 Å². The third kappa shape index (κ3) is 3.14. The summed E-state index contributed by atoms with van der Waals surface area (Å²) in [5, 5.41) is 14.4. The van der Waals surface area contributed by atoms with Gasteiger partial charge in [0, 0.05) is 6.07 Å². The molecule has 1 aromatic carbocycles. The first-order chi connectivity index (χ1) is 8.47. The number of primary sulfonamides is 1. The molecule has 3 N–H and O–H groups in total. The molecule has 0 heterocycles. The van der Waals surface area contributed by atoms with Gasteiger partial charge in [-0.25, -0.2) is 13.6 Å². The number of rotatable bonds is 3. The lowest BCUT2D eigenvalue weighted by atomic mass is 9.98. The summed E-state index contributed by atoms with van der Waals surface area (Å²) in [6.07, 6.45) is 5.25.